The van der Waals surface area contributed by atoms with E-state index >= 15 is 0 Å². The molecule has 58 heavy (non-hydrogen) atoms. The smallest absolute Gasteiger partial charge is 0.310 e. The number of hydrogen-bond donors (Lipinski definition) is 0. The Bertz CT molecular complexity index is 3320. The van der Waals surface area contributed by atoms with E-state index in [2.05, 4.69) is 194 Å². The summed E-state index contributed by atoms with van der Waals surface area (Å²) in [5, 5.41) is 7.31. The van der Waals surface area contributed by atoms with E-state index in [0.29, 0.717) is 0 Å². The Kier molecular flexibility index (Phi) is 7.98. The fraction of sp³-hybridized carbons (Fsp3) is 0.115. The number of hydrogen-bond acceptors (Lipinski definition) is 4. The maximum Gasteiger partial charge on any atom is 0.319 e. The molecule has 0 N–H and O–H groups in total. The Morgan fingerprint density at radius 2 is 1.16 bits per heavy atom. The number of thiophene rings is 1. The second-order valence-electron chi connectivity index (χ2n) is 16.3. The van der Waals surface area contributed by atoms with Gasteiger partial charge in [0, 0.05) is 44.0 Å². The number of nitrogens with zero attached hydrogens (tertiary/aromatic N) is 2. The maximum atomic E-state index is 13.4. The van der Waals surface area contributed by atoms with E-state index in [1.165, 1.54) is 54.1 Å². The zero-order valence-corrected chi connectivity index (χ0v) is 35.6. The normalized spacial score (nSPS) is 14.8. The van der Waals surface area contributed by atoms with Crippen molar-refractivity contribution in [2.75, 3.05) is 4.90 Å². The van der Waals surface area contributed by atoms with Crippen LogP contribution < -0.4 is 4.90 Å². The third-order valence-electron chi connectivity index (χ3n) is 12.4. The summed E-state index contributed by atoms with van der Waals surface area (Å²) in [6.07, 6.45) is 0. The summed E-state index contributed by atoms with van der Waals surface area (Å²) >= 11 is -2.08. The lowest BCUT2D eigenvalue weighted by molar-refractivity contribution is 0.598. The van der Waals surface area contributed by atoms with Crippen LogP contribution in [0.25, 0.3) is 59.7 Å². The summed E-state index contributed by atoms with van der Waals surface area (Å²) in [5.74, 6) is 0. The minimum atomic E-state index is -3.87. The first kappa shape index (κ1) is 35.3. The molecule has 3 aromatic heterocycles. The van der Waals surface area contributed by atoms with Gasteiger partial charge in [-0.15, -0.1) is 11.3 Å². The first-order valence-electron chi connectivity index (χ1n) is 19.7. The molecule has 11 rings (SSSR count). The monoisotopic (exact) mass is 882 g/mol. The Balaban J connectivity index is 1.04. The Morgan fingerprint density at radius 1 is 0.552 bits per heavy atom. The average Bonchev–Trinajstić information content (AvgIpc) is 3.92. The maximum absolute atomic E-state index is 13.4. The van der Waals surface area contributed by atoms with Crippen molar-refractivity contribution in [1.29, 1.82) is 0 Å². The number of alkyl halides is 1. The fourth-order valence-corrected chi connectivity index (χ4v) is 12.8. The number of anilines is 3. The van der Waals surface area contributed by atoms with E-state index in [1.54, 1.807) is 11.3 Å². The Morgan fingerprint density at radius 3 is 1.86 bits per heavy atom. The predicted molar refractivity (Wildman–Crippen MR) is 250 cm³/mol. The van der Waals surface area contributed by atoms with Gasteiger partial charge in [-0.25, -0.2) is 6.14 Å². The van der Waals surface area contributed by atoms with Crippen molar-refractivity contribution in [1.82, 2.24) is 4.40 Å². The van der Waals surface area contributed by atoms with Gasteiger partial charge in [0.1, 0.15) is 8.76 Å². The molecule has 1 unspecified atom stereocenters. The van der Waals surface area contributed by atoms with Crippen molar-refractivity contribution in [2.45, 2.75) is 37.0 Å². The van der Waals surface area contributed by atoms with Crippen LogP contribution in [0.5, 0.6) is 0 Å². The lowest BCUT2D eigenvalue weighted by Crippen LogP contribution is -2.29. The lowest BCUT2D eigenvalue weighted by Gasteiger charge is -2.39. The summed E-state index contributed by atoms with van der Waals surface area (Å²) < 4.78 is 28.5. The van der Waals surface area contributed by atoms with Crippen molar-refractivity contribution in [3.05, 3.63) is 190 Å². The van der Waals surface area contributed by atoms with Gasteiger partial charge in [0.2, 0.25) is 0 Å². The van der Waals surface area contributed by atoms with Crippen LogP contribution in [0.1, 0.15) is 51.2 Å². The third kappa shape index (κ3) is 5.31. The molecule has 4 nitrogen and oxygen atoms in total. The molecule has 0 radical (unpaired) electrons. The molecule has 1 atom stereocenters. The van der Waals surface area contributed by atoms with Crippen molar-refractivity contribution in [3.63, 3.8) is 0 Å². The number of fused-ring (bicyclic) bond motifs is 8. The second kappa shape index (κ2) is 13.1. The molecule has 0 saturated carbocycles. The van der Waals surface area contributed by atoms with Crippen LogP contribution in [-0.4, -0.2) is 4.40 Å². The van der Waals surface area contributed by atoms with Crippen LogP contribution in [0.3, 0.4) is 0 Å². The molecule has 0 saturated heterocycles. The highest BCUT2D eigenvalue weighted by Crippen LogP contribution is 2.55. The SMILES string of the molecule is Cc1cccc(N(c2cccc(C)c2)c2ccc3c(c2)C(C)(C)c2cc(-c4cccc(-c5cc6c7ccccc7n7c8sccc8c(c5)c67)c4)ccc2C3I(=O)=O)c1. The van der Waals surface area contributed by atoms with E-state index in [-0.39, 0.29) is 0 Å². The zero-order valence-electron chi connectivity index (χ0n) is 32.6. The van der Waals surface area contributed by atoms with Crippen LogP contribution in [0, 0.1) is 13.8 Å². The van der Waals surface area contributed by atoms with Gasteiger partial charge in [0.05, 0.1) is 11.0 Å². The molecule has 10 aromatic rings. The van der Waals surface area contributed by atoms with Gasteiger partial charge < -0.3 is 4.90 Å². The molecular formula is C52H39IN2O2S. The van der Waals surface area contributed by atoms with Crippen molar-refractivity contribution in [3.8, 4) is 22.3 Å². The summed E-state index contributed by atoms with van der Waals surface area (Å²) in [5.41, 5.74) is 16.0. The van der Waals surface area contributed by atoms with Crippen molar-refractivity contribution < 1.29 is 6.14 Å². The third-order valence-corrected chi connectivity index (χ3v) is 15.6. The van der Waals surface area contributed by atoms with E-state index in [1.807, 2.05) is 0 Å². The highest BCUT2D eigenvalue weighted by molar-refractivity contribution is 14.2. The number of rotatable bonds is 6. The van der Waals surface area contributed by atoms with Crippen molar-refractivity contribution >= 4 is 85.6 Å². The zero-order chi connectivity index (χ0) is 39.4. The van der Waals surface area contributed by atoms with Gasteiger partial charge in [-0.3, -0.25) is 4.40 Å². The fourth-order valence-electron chi connectivity index (χ4n) is 9.67. The summed E-state index contributed by atoms with van der Waals surface area (Å²) in [7, 11) is 0. The number of benzene rings is 7. The lowest BCUT2D eigenvalue weighted by atomic mass is 9.68. The first-order valence-corrected chi connectivity index (χ1v) is 23.6. The van der Waals surface area contributed by atoms with E-state index in [0.717, 1.165) is 56.0 Å². The van der Waals surface area contributed by atoms with Gasteiger partial charge in [-0.2, -0.15) is 0 Å². The molecule has 0 aliphatic heterocycles. The molecule has 282 valence electrons. The minimum absolute atomic E-state index is 0.469. The molecule has 0 bridgehead atoms. The molecule has 0 spiro atoms. The standard InChI is InChI=1S/C52H39IN2O2S/c1-31-10-7-14-37(24-31)54(38-15-8-11-32(2)25-38)39-19-21-43-47(30-39)52(3,4)46-29-35(18-20-42(46)49(43)53(56)57)33-12-9-13-34(26-33)36-27-44-40-16-5-6-17-48(40)55-50(44)45(28-36)41-22-23-58-51(41)55/h5-30,49H,1-4H3. The van der Waals surface area contributed by atoms with Gasteiger partial charge in [-0.05, 0) is 148 Å². The van der Waals surface area contributed by atoms with Gasteiger partial charge >= 0.3 is 19.8 Å². The van der Waals surface area contributed by atoms with Gasteiger partial charge in [0.15, 0.2) is 0 Å². The number of aromatic nitrogens is 1. The number of halogens is 1. The molecule has 3 heterocycles. The van der Waals surface area contributed by atoms with Gasteiger partial charge in [0.25, 0.3) is 0 Å². The predicted octanol–water partition coefficient (Wildman–Crippen LogP) is 15.2. The quantitative estimate of drug-likeness (QED) is 0.123. The minimum Gasteiger partial charge on any atom is -0.310 e. The average molecular weight is 883 g/mol. The molecule has 1 aliphatic carbocycles. The van der Waals surface area contributed by atoms with Crippen LogP contribution >= 0.6 is 31.1 Å². The largest absolute Gasteiger partial charge is 0.319 e. The topological polar surface area (TPSA) is 41.8 Å². The molecular weight excluding hydrogens is 844 g/mol. The summed E-state index contributed by atoms with van der Waals surface area (Å²) in [4.78, 5) is 3.57. The summed E-state index contributed by atoms with van der Waals surface area (Å²) in [6.45, 7) is 8.72. The first-order chi connectivity index (χ1) is 28.2. The van der Waals surface area contributed by atoms with Crippen LogP contribution in [-0.2, 0) is 11.6 Å². The van der Waals surface area contributed by atoms with Crippen molar-refractivity contribution in [2.24, 2.45) is 0 Å². The highest BCUT2D eigenvalue weighted by atomic mass is 127. The van der Waals surface area contributed by atoms with Crippen LogP contribution in [0.2, 0.25) is 0 Å². The Hall–Kier alpha value is -5.83. The highest BCUT2D eigenvalue weighted by Gasteiger charge is 2.40. The number of aryl methyl sites for hydroxylation is 2. The van der Waals surface area contributed by atoms with Crippen LogP contribution in [0.4, 0.5) is 17.1 Å². The molecule has 1 aliphatic rings. The van der Waals surface area contributed by atoms with E-state index < -0.39 is 29.1 Å². The van der Waals surface area contributed by atoms with E-state index in [9.17, 15) is 6.14 Å². The molecule has 0 amide bonds. The molecule has 6 heteroatoms. The van der Waals surface area contributed by atoms with Crippen LogP contribution in [0.15, 0.2) is 157 Å². The molecule has 0 fully saturated rings. The number of para-hydroxylation sites is 1. The second-order valence-corrected chi connectivity index (χ2v) is 19.8. The summed E-state index contributed by atoms with van der Waals surface area (Å²) in [6, 6.07) is 54.4. The van der Waals surface area contributed by atoms with Gasteiger partial charge in [-0.1, -0.05) is 92.7 Å². The molecule has 7 aromatic carbocycles. The Labute approximate surface area is 348 Å². The van der Waals surface area contributed by atoms with E-state index in [4.69, 9.17) is 0 Å².